The molecule has 0 saturated carbocycles. The highest BCUT2D eigenvalue weighted by atomic mass is 16.7. The van der Waals surface area contributed by atoms with Crippen molar-refractivity contribution in [3.8, 4) is 11.5 Å². The molecule has 2 aliphatic heterocycles. The molecule has 0 radical (unpaired) electrons. The summed E-state index contributed by atoms with van der Waals surface area (Å²) in [4.78, 5) is 38.0. The van der Waals surface area contributed by atoms with Gasteiger partial charge in [-0.3, -0.25) is 15.0 Å². The largest absolute Gasteiger partial charge is 0.454 e. The van der Waals surface area contributed by atoms with Crippen LogP contribution in [0.15, 0.2) is 18.2 Å². The fourth-order valence-corrected chi connectivity index (χ4v) is 3.22. The number of nitrogens with one attached hydrogen (secondary N) is 3. The topological polar surface area (TPSA) is 118 Å². The van der Waals surface area contributed by atoms with Gasteiger partial charge in [-0.2, -0.15) is 0 Å². The number of rotatable bonds is 4. The number of fused-ring (bicyclic) bond motifs is 1. The maximum atomic E-state index is 12.2. The van der Waals surface area contributed by atoms with Gasteiger partial charge in [-0.15, -0.1) is 0 Å². The zero-order valence-electron chi connectivity index (χ0n) is 17.4. The predicted molar refractivity (Wildman–Crippen MR) is 109 cm³/mol. The minimum atomic E-state index is -0.611. The minimum Gasteiger partial charge on any atom is -0.454 e. The average molecular weight is 420 g/mol. The Balaban J connectivity index is 1.36. The Bertz CT molecular complexity index is 799. The smallest absolute Gasteiger partial charge is 0.407 e. The molecule has 0 aromatic heterocycles. The Morgan fingerprint density at radius 2 is 1.83 bits per heavy atom. The van der Waals surface area contributed by atoms with Crippen molar-refractivity contribution >= 4 is 23.7 Å². The highest BCUT2D eigenvalue weighted by molar-refractivity contribution is 6.01. The lowest BCUT2D eigenvalue weighted by atomic mass is 10.1. The number of nitrogens with zero attached hydrogens (tertiary/aromatic N) is 1. The molecule has 2 aliphatic rings. The van der Waals surface area contributed by atoms with E-state index in [4.69, 9.17) is 14.2 Å². The van der Waals surface area contributed by atoms with Crippen LogP contribution in [0.25, 0.3) is 0 Å². The highest BCUT2D eigenvalue weighted by Crippen LogP contribution is 2.34. The second kappa shape index (κ2) is 9.21. The Kier molecular flexibility index (Phi) is 6.66. The van der Waals surface area contributed by atoms with Crippen LogP contribution in [-0.2, 0) is 9.53 Å². The second-order valence-electron chi connectivity index (χ2n) is 8.27. The molecule has 0 spiro atoms. The van der Waals surface area contributed by atoms with Gasteiger partial charge in [0, 0.05) is 30.9 Å². The summed E-state index contributed by atoms with van der Waals surface area (Å²) in [5, 5.41) is 7.78. The van der Waals surface area contributed by atoms with E-state index < -0.39 is 23.6 Å². The van der Waals surface area contributed by atoms with Gasteiger partial charge in [0.25, 0.3) is 0 Å². The molecule has 1 aromatic carbocycles. The molecule has 164 valence electrons. The third-order valence-corrected chi connectivity index (χ3v) is 4.56. The monoisotopic (exact) mass is 420 g/mol. The molecule has 2 heterocycles. The zero-order valence-corrected chi connectivity index (χ0v) is 17.4. The van der Waals surface area contributed by atoms with Gasteiger partial charge >= 0.3 is 12.1 Å². The number of likely N-dealkylation sites (tertiary alicyclic amines) is 1. The van der Waals surface area contributed by atoms with Crippen LogP contribution < -0.4 is 25.4 Å². The van der Waals surface area contributed by atoms with E-state index in [0.717, 1.165) is 0 Å². The first-order valence-electron chi connectivity index (χ1n) is 9.90. The standard InChI is InChI=1S/C20H28N4O6/c1-20(2,3)30-19(27)22-13-6-8-24(9-7-13)11-17(25)23-18(26)21-14-4-5-15-16(10-14)29-12-28-15/h4-5,10,13H,6-9,11-12H2,1-3H3,(H,22,27)(H2,21,23,25,26). The van der Waals surface area contributed by atoms with Crippen LogP contribution in [0.2, 0.25) is 0 Å². The quantitative estimate of drug-likeness (QED) is 0.682. The number of amides is 4. The number of imide groups is 1. The number of carbonyl (C=O) groups is 3. The maximum absolute atomic E-state index is 12.2. The maximum Gasteiger partial charge on any atom is 0.407 e. The second-order valence-corrected chi connectivity index (χ2v) is 8.27. The Labute approximate surface area is 175 Å². The summed E-state index contributed by atoms with van der Waals surface area (Å²) in [7, 11) is 0. The number of piperidine rings is 1. The minimum absolute atomic E-state index is 0.00784. The summed E-state index contributed by atoms with van der Waals surface area (Å²) in [5.74, 6) is 0.760. The molecule has 3 rings (SSSR count). The molecule has 30 heavy (non-hydrogen) atoms. The molecular weight excluding hydrogens is 392 g/mol. The van der Waals surface area contributed by atoms with E-state index in [0.29, 0.717) is 43.1 Å². The number of urea groups is 1. The van der Waals surface area contributed by atoms with Crippen molar-refractivity contribution in [1.82, 2.24) is 15.5 Å². The molecule has 3 N–H and O–H groups in total. The van der Waals surface area contributed by atoms with Gasteiger partial charge in [0.2, 0.25) is 12.7 Å². The first kappa shape index (κ1) is 21.7. The summed E-state index contributed by atoms with van der Waals surface area (Å²) in [6, 6.07) is 4.39. The van der Waals surface area contributed by atoms with E-state index in [9.17, 15) is 14.4 Å². The zero-order chi connectivity index (χ0) is 21.7. The van der Waals surface area contributed by atoms with Gasteiger partial charge in [0.05, 0.1) is 6.54 Å². The molecule has 1 fully saturated rings. The Morgan fingerprint density at radius 1 is 1.13 bits per heavy atom. The fraction of sp³-hybridized carbons (Fsp3) is 0.550. The number of carbonyl (C=O) groups excluding carboxylic acids is 3. The van der Waals surface area contributed by atoms with Crippen LogP contribution >= 0.6 is 0 Å². The van der Waals surface area contributed by atoms with Gasteiger partial charge in [-0.25, -0.2) is 9.59 Å². The fourth-order valence-electron chi connectivity index (χ4n) is 3.22. The number of benzene rings is 1. The number of anilines is 1. The van der Waals surface area contributed by atoms with Gasteiger partial charge < -0.3 is 24.8 Å². The molecule has 10 heteroatoms. The number of hydrogen-bond acceptors (Lipinski definition) is 7. The van der Waals surface area contributed by atoms with Crippen LogP contribution in [0.1, 0.15) is 33.6 Å². The number of hydrogen-bond donors (Lipinski definition) is 3. The van der Waals surface area contributed by atoms with E-state index in [1.165, 1.54) is 0 Å². The van der Waals surface area contributed by atoms with Crippen molar-refractivity contribution in [2.24, 2.45) is 0 Å². The van der Waals surface area contributed by atoms with Crippen LogP contribution in [0.4, 0.5) is 15.3 Å². The number of ether oxygens (including phenoxy) is 3. The van der Waals surface area contributed by atoms with Crippen molar-refractivity contribution in [2.75, 3.05) is 31.7 Å². The van der Waals surface area contributed by atoms with E-state index in [1.54, 1.807) is 18.2 Å². The third kappa shape index (κ3) is 6.51. The predicted octanol–water partition coefficient (Wildman–Crippen LogP) is 2.05. The van der Waals surface area contributed by atoms with E-state index in [1.807, 2.05) is 25.7 Å². The summed E-state index contributed by atoms with van der Waals surface area (Å²) < 4.78 is 15.7. The van der Waals surface area contributed by atoms with Crippen molar-refractivity contribution in [2.45, 2.75) is 45.3 Å². The molecule has 0 aliphatic carbocycles. The molecule has 0 unspecified atom stereocenters. The summed E-state index contributed by atoms with van der Waals surface area (Å²) in [5.41, 5.74) is -0.0390. The lowest BCUT2D eigenvalue weighted by Crippen LogP contribution is -2.49. The van der Waals surface area contributed by atoms with E-state index in [2.05, 4.69) is 16.0 Å². The molecule has 1 aromatic rings. The first-order valence-corrected chi connectivity index (χ1v) is 9.90. The molecule has 1 saturated heterocycles. The van der Waals surface area contributed by atoms with Gasteiger partial charge in [0.1, 0.15) is 5.60 Å². The molecular formula is C20H28N4O6. The first-order chi connectivity index (χ1) is 14.2. The van der Waals surface area contributed by atoms with E-state index >= 15 is 0 Å². The van der Waals surface area contributed by atoms with Crippen LogP contribution in [0, 0.1) is 0 Å². The summed E-state index contributed by atoms with van der Waals surface area (Å²) in [6.45, 7) is 6.97. The lowest BCUT2D eigenvalue weighted by molar-refractivity contribution is -0.121. The summed E-state index contributed by atoms with van der Waals surface area (Å²) in [6.07, 6.45) is 0.977. The van der Waals surface area contributed by atoms with Gasteiger partial charge in [0.15, 0.2) is 11.5 Å². The average Bonchev–Trinajstić information content (AvgIpc) is 3.09. The molecule has 0 bridgehead atoms. The third-order valence-electron chi connectivity index (χ3n) is 4.56. The molecule has 4 amide bonds. The van der Waals surface area contributed by atoms with Crippen LogP contribution in [-0.4, -0.2) is 61.0 Å². The Morgan fingerprint density at radius 3 is 2.53 bits per heavy atom. The summed E-state index contributed by atoms with van der Waals surface area (Å²) >= 11 is 0. The van der Waals surface area contributed by atoms with E-state index in [-0.39, 0.29) is 19.4 Å². The molecule has 0 atom stereocenters. The number of alkyl carbamates (subject to hydrolysis) is 1. The lowest BCUT2D eigenvalue weighted by Gasteiger charge is -2.32. The van der Waals surface area contributed by atoms with Gasteiger partial charge in [-0.05, 0) is 45.7 Å². The van der Waals surface area contributed by atoms with Crippen LogP contribution in [0.5, 0.6) is 11.5 Å². The van der Waals surface area contributed by atoms with Crippen LogP contribution in [0.3, 0.4) is 0 Å². The van der Waals surface area contributed by atoms with Crippen molar-refractivity contribution in [1.29, 1.82) is 0 Å². The van der Waals surface area contributed by atoms with Crippen molar-refractivity contribution < 1.29 is 28.6 Å². The normalized spacial score (nSPS) is 16.6. The van der Waals surface area contributed by atoms with Crippen molar-refractivity contribution in [3.05, 3.63) is 18.2 Å². The Hall–Kier alpha value is -3.01. The van der Waals surface area contributed by atoms with Crippen molar-refractivity contribution in [3.63, 3.8) is 0 Å². The molecule has 10 nitrogen and oxygen atoms in total. The highest BCUT2D eigenvalue weighted by Gasteiger charge is 2.25. The van der Waals surface area contributed by atoms with Gasteiger partial charge in [-0.1, -0.05) is 0 Å². The SMILES string of the molecule is CC(C)(C)OC(=O)NC1CCN(CC(=O)NC(=O)Nc2ccc3c(c2)OCO3)CC1.